The fraction of sp³-hybridized carbons (Fsp3) is 0.161. The molecule has 4 rings (SSSR count). The Balaban J connectivity index is 1.42. The molecule has 0 heterocycles. The van der Waals surface area contributed by atoms with Gasteiger partial charge in [0.15, 0.2) is 5.83 Å². The lowest BCUT2D eigenvalue weighted by Gasteiger charge is -2.12. The molecule has 7 heteroatoms. The second kappa shape index (κ2) is 11.3. The van der Waals surface area contributed by atoms with E-state index in [-0.39, 0.29) is 17.5 Å². The zero-order valence-corrected chi connectivity index (χ0v) is 20.3. The number of rotatable bonds is 7. The lowest BCUT2D eigenvalue weighted by atomic mass is 9.97. The summed E-state index contributed by atoms with van der Waals surface area (Å²) in [5, 5.41) is 0. The SMILES string of the molecule is CCC(F)=C(F)c1ccc(CCc2ccc(-c3ccc(-c4cc(F)c(C(F)(F)F)c(F)c4)cc3)cc2)cc1. The van der Waals surface area contributed by atoms with Gasteiger partial charge in [-0.3, -0.25) is 0 Å². The molecule has 196 valence electrons. The number of hydrogen-bond donors (Lipinski definition) is 0. The van der Waals surface area contributed by atoms with E-state index in [2.05, 4.69) is 0 Å². The highest BCUT2D eigenvalue weighted by molar-refractivity contribution is 5.71. The standard InChI is InChI=1S/C31H23F7/c1-2-26(32)30(35)24-11-7-20(8-12-24)4-3-19-5-9-21(10-6-19)22-13-15-23(16-14-22)25-17-27(33)29(28(34)18-25)31(36,37)38/h5-18H,2-4H2,1H3. The van der Waals surface area contributed by atoms with Crippen molar-refractivity contribution in [1.29, 1.82) is 0 Å². The van der Waals surface area contributed by atoms with Crippen molar-refractivity contribution in [2.45, 2.75) is 32.4 Å². The fourth-order valence-corrected chi connectivity index (χ4v) is 4.15. The van der Waals surface area contributed by atoms with Crippen molar-refractivity contribution in [1.82, 2.24) is 0 Å². The van der Waals surface area contributed by atoms with Crippen LogP contribution in [0, 0.1) is 11.6 Å². The largest absolute Gasteiger partial charge is 0.422 e. The first kappa shape index (κ1) is 27.2. The first-order valence-corrected chi connectivity index (χ1v) is 12.0. The van der Waals surface area contributed by atoms with Gasteiger partial charge in [-0.2, -0.15) is 13.2 Å². The molecule has 0 fully saturated rings. The average Bonchev–Trinajstić information content (AvgIpc) is 2.90. The number of halogens is 7. The highest BCUT2D eigenvalue weighted by Gasteiger charge is 2.37. The van der Waals surface area contributed by atoms with Gasteiger partial charge in [0.05, 0.1) is 0 Å². The van der Waals surface area contributed by atoms with Gasteiger partial charge in [-0.25, -0.2) is 17.6 Å². The summed E-state index contributed by atoms with van der Waals surface area (Å²) in [6.45, 7) is 1.55. The van der Waals surface area contributed by atoms with E-state index in [1.165, 1.54) is 0 Å². The van der Waals surface area contributed by atoms with Gasteiger partial charge in [0.25, 0.3) is 0 Å². The Morgan fingerprint density at radius 2 is 1.00 bits per heavy atom. The Morgan fingerprint density at radius 3 is 1.42 bits per heavy atom. The molecule has 0 nitrogen and oxygen atoms in total. The lowest BCUT2D eigenvalue weighted by molar-refractivity contribution is -0.142. The van der Waals surface area contributed by atoms with Crippen molar-refractivity contribution in [2.24, 2.45) is 0 Å². The summed E-state index contributed by atoms with van der Waals surface area (Å²) in [7, 11) is 0. The van der Waals surface area contributed by atoms with Crippen molar-refractivity contribution >= 4 is 5.83 Å². The van der Waals surface area contributed by atoms with Gasteiger partial charge in [0.2, 0.25) is 0 Å². The van der Waals surface area contributed by atoms with Crippen molar-refractivity contribution < 1.29 is 30.7 Å². The van der Waals surface area contributed by atoms with E-state index in [0.29, 0.717) is 17.7 Å². The molecule has 0 amide bonds. The molecule has 0 aliphatic heterocycles. The first-order valence-electron chi connectivity index (χ1n) is 12.0. The van der Waals surface area contributed by atoms with E-state index in [9.17, 15) is 30.7 Å². The fourth-order valence-electron chi connectivity index (χ4n) is 4.15. The molecular formula is C31H23F7. The van der Waals surface area contributed by atoms with Crippen LogP contribution in [0.2, 0.25) is 0 Å². The Bertz CT molecular complexity index is 1410. The third kappa shape index (κ3) is 6.15. The highest BCUT2D eigenvalue weighted by atomic mass is 19.4. The Hall–Kier alpha value is -3.87. The molecule has 0 aliphatic rings. The van der Waals surface area contributed by atoms with E-state index in [1.807, 2.05) is 24.3 Å². The van der Waals surface area contributed by atoms with Crippen LogP contribution in [0.5, 0.6) is 0 Å². The van der Waals surface area contributed by atoms with E-state index in [1.54, 1.807) is 55.5 Å². The van der Waals surface area contributed by atoms with Gasteiger partial charge in [-0.15, -0.1) is 0 Å². The van der Waals surface area contributed by atoms with E-state index in [0.717, 1.165) is 35.1 Å². The summed E-state index contributed by atoms with van der Waals surface area (Å²) < 4.78 is 93.7. The molecule has 4 aromatic rings. The van der Waals surface area contributed by atoms with Gasteiger partial charge in [0, 0.05) is 5.56 Å². The normalized spacial score (nSPS) is 12.4. The number of alkyl halides is 3. The topological polar surface area (TPSA) is 0 Å². The second-order valence-corrected chi connectivity index (χ2v) is 8.86. The molecule has 0 spiro atoms. The summed E-state index contributed by atoms with van der Waals surface area (Å²) in [6, 6.07) is 22.5. The molecule has 38 heavy (non-hydrogen) atoms. The number of benzene rings is 4. The molecule has 4 aromatic carbocycles. The van der Waals surface area contributed by atoms with Gasteiger partial charge in [0.1, 0.15) is 23.0 Å². The van der Waals surface area contributed by atoms with Crippen molar-refractivity contribution in [3.8, 4) is 22.3 Å². The maximum absolute atomic E-state index is 13.9. The van der Waals surface area contributed by atoms with Gasteiger partial charge < -0.3 is 0 Å². The lowest BCUT2D eigenvalue weighted by Crippen LogP contribution is -2.11. The van der Waals surface area contributed by atoms with Crippen LogP contribution < -0.4 is 0 Å². The van der Waals surface area contributed by atoms with Crippen LogP contribution >= 0.6 is 0 Å². The van der Waals surface area contributed by atoms with Gasteiger partial charge in [-0.1, -0.05) is 79.7 Å². The van der Waals surface area contributed by atoms with Crippen LogP contribution in [0.15, 0.2) is 90.8 Å². The van der Waals surface area contributed by atoms with Crippen LogP contribution in [-0.2, 0) is 19.0 Å². The highest BCUT2D eigenvalue weighted by Crippen LogP contribution is 2.36. The molecular weight excluding hydrogens is 505 g/mol. The van der Waals surface area contributed by atoms with Crippen LogP contribution in [0.3, 0.4) is 0 Å². The Labute approximate surface area is 216 Å². The monoisotopic (exact) mass is 528 g/mol. The first-order chi connectivity index (χ1) is 18.1. The maximum atomic E-state index is 13.9. The minimum atomic E-state index is -5.11. The predicted molar refractivity (Wildman–Crippen MR) is 136 cm³/mol. The number of aryl methyl sites for hydroxylation is 2. The molecule has 0 aromatic heterocycles. The van der Waals surface area contributed by atoms with Gasteiger partial charge in [-0.05, 0) is 64.8 Å². The van der Waals surface area contributed by atoms with Crippen molar-refractivity contribution in [3.63, 3.8) is 0 Å². The summed E-state index contributed by atoms with van der Waals surface area (Å²) in [5.41, 5.74) is 2.52. The minimum Gasteiger partial charge on any atom is -0.209 e. The molecule has 0 saturated carbocycles. The van der Waals surface area contributed by atoms with Crippen LogP contribution in [0.25, 0.3) is 28.1 Å². The number of hydrogen-bond acceptors (Lipinski definition) is 0. The van der Waals surface area contributed by atoms with E-state index >= 15 is 0 Å². The maximum Gasteiger partial charge on any atom is 0.422 e. The molecule has 0 radical (unpaired) electrons. The Morgan fingerprint density at radius 1 is 0.605 bits per heavy atom. The summed E-state index contributed by atoms with van der Waals surface area (Å²) in [4.78, 5) is 0. The Kier molecular flexibility index (Phi) is 8.05. The molecule has 0 N–H and O–H groups in total. The number of allylic oxidation sites excluding steroid dienone is 1. The second-order valence-electron chi connectivity index (χ2n) is 8.86. The molecule has 0 unspecified atom stereocenters. The van der Waals surface area contributed by atoms with E-state index < -0.39 is 35.0 Å². The van der Waals surface area contributed by atoms with Crippen LogP contribution in [0.4, 0.5) is 30.7 Å². The zero-order chi connectivity index (χ0) is 27.4. The zero-order valence-electron chi connectivity index (χ0n) is 20.3. The predicted octanol–water partition coefficient (Wildman–Crippen LogP) is 10.1. The third-order valence-corrected chi connectivity index (χ3v) is 6.29. The van der Waals surface area contributed by atoms with Crippen LogP contribution in [-0.4, -0.2) is 0 Å². The van der Waals surface area contributed by atoms with Crippen molar-refractivity contribution in [3.05, 3.63) is 125 Å². The summed E-state index contributed by atoms with van der Waals surface area (Å²) in [6.07, 6.45) is -3.65. The third-order valence-electron chi connectivity index (χ3n) is 6.29. The van der Waals surface area contributed by atoms with Crippen molar-refractivity contribution in [2.75, 3.05) is 0 Å². The molecule has 0 saturated heterocycles. The van der Waals surface area contributed by atoms with Gasteiger partial charge >= 0.3 is 6.18 Å². The molecule has 0 atom stereocenters. The van der Waals surface area contributed by atoms with Crippen LogP contribution in [0.1, 0.15) is 35.6 Å². The molecule has 0 bridgehead atoms. The quantitative estimate of drug-likeness (QED) is 0.209. The van der Waals surface area contributed by atoms with E-state index in [4.69, 9.17) is 0 Å². The summed E-state index contributed by atoms with van der Waals surface area (Å²) >= 11 is 0. The molecule has 0 aliphatic carbocycles. The smallest absolute Gasteiger partial charge is 0.209 e. The minimum absolute atomic E-state index is 0.00679. The average molecular weight is 529 g/mol. The summed E-state index contributed by atoms with van der Waals surface area (Å²) in [5.74, 6) is -4.91.